The second-order valence-electron chi connectivity index (χ2n) is 6.70. The summed E-state index contributed by atoms with van der Waals surface area (Å²) in [5, 5.41) is 11.9. The van der Waals surface area contributed by atoms with Crippen LogP contribution < -0.4 is 5.32 Å². The largest absolute Gasteiger partial charge is 0.364 e. The van der Waals surface area contributed by atoms with Crippen LogP contribution in [-0.2, 0) is 20.1 Å². The zero-order chi connectivity index (χ0) is 18.5. The van der Waals surface area contributed by atoms with Crippen LogP contribution in [0.25, 0.3) is 0 Å². The summed E-state index contributed by atoms with van der Waals surface area (Å²) >= 11 is 0. The third-order valence-corrected chi connectivity index (χ3v) is 4.93. The lowest BCUT2D eigenvalue weighted by molar-refractivity contribution is 0.169. The molecule has 1 aliphatic heterocycles. The maximum absolute atomic E-state index is 4.92. The molecule has 3 heterocycles. The summed E-state index contributed by atoms with van der Waals surface area (Å²) in [5.74, 6) is 0.983. The van der Waals surface area contributed by atoms with Crippen LogP contribution in [0.15, 0.2) is 21.8 Å². The van der Waals surface area contributed by atoms with Crippen LogP contribution >= 0.6 is 0 Å². The predicted molar refractivity (Wildman–Crippen MR) is 101 cm³/mol. The van der Waals surface area contributed by atoms with Crippen molar-refractivity contribution in [2.45, 2.75) is 33.9 Å². The predicted octanol–water partition coefficient (Wildman–Crippen LogP) is 1.31. The number of rotatable bonds is 5. The van der Waals surface area contributed by atoms with Crippen molar-refractivity contribution in [1.82, 2.24) is 30.1 Å². The quantitative estimate of drug-likeness (QED) is 0.641. The van der Waals surface area contributed by atoms with Crippen molar-refractivity contribution in [2.75, 3.05) is 32.7 Å². The van der Waals surface area contributed by atoms with Gasteiger partial charge < -0.3 is 14.7 Å². The van der Waals surface area contributed by atoms with E-state index in [1.165, 1.54) is 11.3 Å². The summed E-state index contributed by atoms with van der Waals surface area (Å²) in [7, 11) is 1.98. The van der Waals surface area contributed by atoms with Gasteiger partial charge in [0, 0.05) is 63.6 Å². The van der Waals surface area contributed by atoms with Crippen molar-refractivity contribution in [3.63, 3.8) is 0 Å². The van der Waals surface area contributed by atoms with Crippen molar-refractivity contribution in [2.24, 2.45) is 12.0 Å². The van der Waals surface area contributed by atoms with Gasteiger partial charge in [-0.1, -0.05) is 5.16 Å². The zero-order valence-corrected chi connectivity index (χ0v) is 16.2. The first-order valence-electron chi connectivity index (χ1n) is 9.22. The number of nitrogens with one attached hydrogen (secondary N) is 1. The molecule has 0 radical (unpaired) electrons. The molecule has 0 saturated carbocycles. The van der Waals surface area contributed by atoms with Crippen LogP contribution in [0.3, 0.4) is 0 Å². The minimum atomic E-state index is 0.660. The molecule has 2 aromatic heterocycles. The molecule has 8 nitrogen and oxygen atoms in total. The molecular weight excluding hydrogens is 330 g/mol. The average molecular weight is 359 g/mol. The van der Waals surface area contributed by atoms with E-state index in [0.29, 0.717) is 6.54 Å². The van der Waals surface area contributed by atoms with Gasteiger partial charge in [0.2, 0.25) is 0 Å². The van der Waals surface area contributed by atoms with Gasteiger partial charge in [0.15, 0.2) is 5.96 Å². The Kier molecular flexibility index (Phi) is 5.92. The number of guanidine groups is 1. The second kappa shape index (κ2) is 8.35. The van der Waals surface area contributed by atoms with Gasteiger partial charge in [-0.3, -0.25) is 9.58 Å². The number of piperazine rings is 1. The molecule has 0 bridgehead atoms. The van der Waals surface area contributed by atoms with Gasteiger partial charge in [0.25, 0.3) is 0 Å². The molecule has 1 fully saturated rings. The van der Waals surface area contributed by atoms with Crippen LogP contribution in [0.5, 0.6) is 0 Å². The highest BCUT2D eigenvalue weighted by Crippen LogP contribution is 2.14. The Morgan fingerprint density at radius 3 is 2.62 bits per heavy atom. The number of aryl methyl sites for hydroxylation is 2. The highest BCUT2D eigenvalue weighted by molar-refractivity contribution is 5.80. The van der Waals surface area contributed by atoms with Gasteiger partial charge in [-0.25, -0.2) is 4.99 Å². The third kappa shape index (κ3) is 4.24. The van der Waals surface area contributed by atoms with E-state index in [0.717, 1.165) is 56.6 Å². The monoisotopic (exact) mass is 359 g/mol. The van der Waals surface area contributed by atoms with Crippen LogP contribution in [0.1, 0.15) is 29.6 Å². The summed E-state index contributed by atoms with van der Waals surface area (Å²) in [6.07, 6.45) is 1.63. The molecule has 0 amide bonds. The molecular formula is C18H29N7O. The van der Waals surface area contributed by atoms with Gasteiger partial charge in [-0.05, 0) is 20.8 Å². The second-order valence-corrected chi connectivity index (χ2v) is 6.70. The lowest BCUT2D eigenvalue weighted by atomic mass is 10.2. The first kappa shape index (κ1) is 18.4. The molecule has 0 aliphatic carbocycles. The molecule has 142 valence electrons. The first-order chi connectivity index (χ1) is 12.6. The van der Waals surface area contributed by atoms with Crippen molar-refractivity contribution >= 4 is 5.96 Å². The van der Waals surface area contributed by atoms with Gasteiger partial charge in [0.05, 0.1) is 17.9 Å². The van der Waals surface area contributed by atoms with E-state index in [4.69, 9.17) is 9.52 Å². The highest BCUT2D eigenvalue weighted by Gasteiger charge is 2.20. The first-order valence-corrected chi connectivity index (χ1v) is 9.22. The smallest absolute Gasteiger partial charge is 0.194 e. The van der Waals surface area contributed by atoms with Gasteiger partial charge in [-0.15, -0.1) is 0 Å². The summed E-state index contributed by atoms with van der Waals surface area (Å²) in [4.78, 5) is 9.61. The summed E-state index contributed by atoms with van der Waals surface area (Å²) in [5.41, 5.74) is 4.44. The Bertz CT molecular complexity index is 727. The number of hydrogen-bond donors (Lipinski definition) is 1. The summed E-state index contributed by atoms with van der Waals surface area (Å²) in [6, 6.07) is 1.93. The van der Waals surface area contributed by atoms with E-state index in [2.05, 4.69) is 39.2 Å². The van der Waals surface area contributed by atoms with Crippen molar-refractivity contribution in [3.05, 3.63) is 35.0 Å². The number of aromatic nitrogens is 3. The Balaban J connectivity index is 1.61. The molecule has 1 N–H and O–H groups in total. The lowest BCUT2D eigenvalue weighted by Gasteiger charge is -2.36. The number of nitrogens with zero attached hydrogens (tertiary/aromatic N) is 6. The maximum atomic E-state index is 4.92. The molecule has 0 unspecified atom stereocenters. The molecule has 8 heteroatoms. The van der Waals surface area contributed by atoms with Gasteiger partial charge >= 0.3 is 0 Å². The van der Waals surface area contributed by atoms with E-state index < -0.39 is 0 Å². The fourth-order valence-electron chi connectivity index (χ4n) is 3.29. The fraction of sp³-hybridized carbons (Fsp3) is 0.611. The van der Waals surface area contributed by atoms with Crippen LogP contribution in [0.2, 0.25) is 0 Å². The van der Waals surface area contributed by atoms with Crippen LogP contribution in [0, 0.1) is 13.8 Å². The van der Waals surface area contributed by atoms with E-state index >= 15 is 0 Å². The van der Waals surface area contributed by atoms with Gasteiger partial charge in [-0.2, -0.15) is 5.10 Å². The highest BCUT2D eigenvalue weighted by atomic mass is 16.5. The number of aliphatic imine (C=N–C) groups is 1. The molecule has 0 spiro atoms. The van der Waals surface area contributed by atoms with Crippen LogP contribution in [-0.4, -0.2) is 63.4 Å². The Morgan fingerprint density at radius 1 is 1.27 bits per heavy atom. The van der Waals surface area contributed by atoms with E-state index in [1.54, 1.807) is 6.26 Å². The Hall–Kier alpha value is -2.35. The maximum Gasteiger partial charge on any atom is 0.194 e. The molecule has 0 atom stereocenters. The molecule has 2 aromatic rings. The van der Waals surface area contributed by atoms with Gasteiger partial charge in [0.1, 0.15) is 6.26 Å². The zero-order valence-electron chi connectivity index (χ0n) is 16.2. The Morgan fingerprint density at radius 2 is 2.04 bits per heavy atom. The lowest BCUT2D eigenvalue weighted by Crippen LogP contribution is -2.52. The molecule has 3 rings (SSSR count). The van der Waals surface area contributed by atoms with E-state index in [9.17, 15) is 0 Å². The SMILES string of the molecule is CCNC(=NCc1c(C)nn(C)c1C)N1CCN(Cc2ccon2)CC1. The van der Waals surface area contributed by atoms with E-state index in [-0.39, 0.29) is 0 Å². The summed E-state index contributed by atoms with van der Waals surface area (Å²) < 4.78 is 6.85. The van der Waals surface area contributed by atoms with E-state index in [1.807, 2.05) is 24.7 Å². The molecule has 1 aliphatic rings. The fourth-order valence-corrected chi connectivity index (χ4v) is 3.29. The minimum Gasteiger partial charge on any atom is -0.364 e. The standard InChI is InChI=1S/C18H29N7O/c1-5-19-18(20-12-17-14(2)21-23(4)15(17)3)25-9-7-24(8-10-25)13-16-6-11-26-22-16/h6,11H,5,7-10,12-13H2,1-4H3,(H,19,20). The van der Waals surface area contributed by atoms with Crippen molar-refractivity contribution < 1.29 is 4.52 Å². The molecule has 26 heavy (non-hydrogen) atoms. The molecule has 1 saturated heterocycles. The van der Waals surface area contributed by atoms with Crippen molar-refractivity contribution in [3.8, 4) is 0 Å². The van der Waals surface area contributed by atoms with Crippen molar-refractivity contribution in [1.29, 1.82) is 0 Å². The number of hydrogen-bond acceptors (Lipinski definition) is 5. The Labute approximate surface area is 154 Å². The normalized spacial score (nSPS) is 16.3. The summed E-state index contributed by atoms with van der Waals surface area (Å²) in [6.45, 7) is 12.5. The topological polar surface area (TPSA) is 74.7 Å². The molecule has 0 aromatic carbocycles. The minimum absolute atomic E-state index is 0.660. The third-order valence-electron chi connectivity index (χ3n) is 4.93. The van der Waals surface area contributed by atoms with Crippen LogP contribution in [0.4, 0.5) is 0 Å². The average Bonchev–Trinajstić information content (AvgIpc) is 3.22.